The lowest BCUT2D eigenvalue weighted by molar-refractivity contribution is -0.135. The predicted molar refractivity (Wildman–Crippen MR) is 108 cm³/mol. The molecule has 0 fully saturated rings. The Kier molecular flexibility index (Phi) is 5.31. The van der Waals surface area contributed by atoms with Crippen LogP contribution in [-0.2, 0) is 16.9 Å². The van der Waals surface area contributed by atoms with E-state index < -0.39 is 5.54 Å². The van der Waals surface area contributed by atoms with Gasteiger partial charge in [-0.2, -0.15) is 0 Å². The number of benzene rings is 2. The molecule has 2 N–H and O–H groups in total. The SMILES string of the molecule is Cc1ccc(N[C@](C)(C(=O)N(C)Cc2ncc(C)[nH]2)c2ccccc2)cc1. The van der Waals surface area contributed by atoms with E-state index in [4.69, 9.17) is 0 Å². The topological polar surface area (TPSA) is 61.0 Å². The average molecular weight is 362 g/mol. The van der Waals surface area contributed by atoms with Crippen molar-refractivity contribution in [1.82, 2.24) is 14.9 Å². The van der Waals surface area contributed by atoms with Gasteiger partial charge in [-0.05, 0) is 38.5 Å². The second-order valence-electron chi connectivity index (χ2n) is 7.16. The number of rotatable bonds is 6. The van der Waals surface area contributed by atoms with E-state index in [2.05, 4.69) is 15.3 Å². The van der Waals surface area contributed by atoms with Crippen molar-refractivity contribution >= 4 is 11.6 Å². The number of hydrogen-bond donors (Lipinski definition) is 2. The third kappa shape index (κ3) is 4.19. The first-order valence-electron chi connectivity index (χ1n) is 9.05. The molecule has 5 heteroatoms. The van der Waals surface area contributed by atoms with Crippen LogP contribution in [0, 0.1) is 13.8 Å². The minimum Gasteiger partial charge on any atom is -0.368 e. The van der Waals surface area contributed by atoms with Crippen LogP contribution < -0.4 is 5.32 Å². The zero-order chi connectivity index (χ0) is 19.4. The van der Waals surface area contributed by atoms with Crippen molar-refractivity contribution in [3.8, 4) is 0 Å². The summed E-state index contributed by atoms with van der Waals surface area (Å²) in [4.78, 5) is 22.7. The van der Waals surface area contributed by atoms with Crippen LogP contribution >= 0.6 is 0 Å². The molecule has 1 atom stereocenters. The Morgan fingerprint density at radius 3 is 2.37 bits per heavy atom. The largest absolute Gasteiger partial charge is 0.368 e. The molecule has 140 valence electrons. The van der Waals surface area contributed by atoms with Crippen LogP contribution in [0.2, 0.25) is 0 Å². The van der Waals surface area contributed by atoms with Gasteiger partial charge in [0.25, 0.3) is 5.91 Å². The number of aromatic nitrogens is 2. The van der Waals surface area contributed by atoms with Gasteiger partial charge in [-0.25, -0.2) is 4.98 Å². The molecule has 1 amide bonds. The molecule has 3 rings (SSSR count). The highest BCUT2D eigenvalue weighted by Crippen LogP contribution is 2.29. The fourth-order valence-electron chi connectivity index (χ4n) is 3.17. The average Bonchev–Trinajstić information content (AvgIpc) is 3.08. The summed E-state index contributed by atoms with van der Waals surface area (Å²) in [7, 11) is 1.80. The highest BCUT2D eigenvalue weighted by Gasteiger charge is 2.37. The minimum absolute atomic E-state index is 0.0247. The van der Waals surface area contributed by atoms with Crippen molar-refractivity contribution in [1.29, 1.82) is 0 Å². The molecule has 27 heavy (non-hydrogen) atoms. The van der Waals surface area contributed by atoms with Crippen LogP contribution in [0.15, 0.2) is 60.8 Å². The van der Waals surface area contributed by atoms with Crippen LogP contribution in [0.3, 0.4) is 0 Å². The quantitative estimate of drug-likeness (QED) is 0.696. The molecule has 0 bridgehead atoms. The first-order chi connectivity index (χ1) is 12.9. The molecule has 1 aromatic heterocycles. The molecule has 3 aromatic rings. The molecule has 0 radical (unpaired) electrons. The zero-order valence-electron chi connectivity index (χ0n) is 16.3. The number of H-pyrrole nitrogens is 1. The van der Waals surface area contributed by atoms with E-state index in [0.29, 0.717) is 6.54 Å². The summed E-state index contributed by atoms with van der Waals surface area (Å²) in [6.07, 6.45) is 1.77. The van der Waals surface area contributed by atoms with Crippen molar-refractivity contribution in [3.63, 3.8) is 0 Å². The van der Waals surface area contributed by atoms with Gasteiger partial charge in [-0.15, -0.1) is 0 Å². The van der Waals surface area contributed by atoms with Gasteiger partial charge >= 0.3 is 0 Å². The van der Waals surface area contributed by atoms with Gasteiger partial charge in [-0.1, -0.05) is 48.0 Å². The predicted octanol–water partition coefficient (Wildman–Crippen LogP) is 4.01. The van der Waals surface area contributed by atoms with Crippen LogP contribution in [-0.4, -0.2) is 27.8 Å². The molecule has 5 nitrogen and oxygen atoms in total. The summed E-state index contributed by atoms with van der Waals surface area (Å²) in [5.74, 6) is 0.748. The Morgan fingerprint density at radius 2 is 1.78 bits per heavy atom. The van der Waals surface area contributed by atoms with Gasteiger partial charge < -0.3 is 15.2 Å². The fourth-order valence-corrected chi connectivity index (χ4v) is 3.17. The second-order valence-corrected chi connectivity index (χ2v) is 7.16. The first kappa shape index (κ1) is 18.7. The first-order valence-corrected chi connectivity index (χ1v) is 9.05. The summed E-state index contributed by atoms with van der Waals surface area (Å²) in [6, 6.07) is 17.9. The van der Waals surface area contributed by atoms with Crippen LogP contribution in [0.4, 0.5) is 5.69 Å². The van der Waals surface area contributed by atoms with E-state index in [9.17, 15) is 4.79 Å². The van der Waals surface area contributed by atoms with Crippen molar-refractivity contribution in [2.75, 3.05) is 12.4 Å². The molecule has 0 saturated heterocycles. The normalized spacial score (nSPS) is 13.0. The van der Waals surface area contributed by atoms with Crippen LogP contribution in [0.1, 0.15) is 29.6 Å². The zero-order valence-corrected chi connectivity index (χ0v) is 16.3. The number of amides is 1. The van der Waals surface area contributed by atoms with Crippen molar-refractivity contribution in [2.24, 2.45) is 0 Å². The van der Waals surface area contributed by atoms with E-state index in [0.717, 1.165) is 22.8 Å². The van der Waals surface area contributed by atoms with Crippen LogP contribution in [0.25, 0.3) is 0 Å². The molecule has 0 aliphatic rings. The minimum atomic E-state index is -0.896. The van der Waals surface area contributed by atoms with E-state index in [1.165, 1.54) is 5.56 Å². The number of aryl methyl sites for hydroxylation is 2. The number of likely N-dealkylation sites (N-methyl/N-ethyl adjacent to an activating group) is 1. The molecule has 0 aliphatic carbocycles. The lowest BCUT2D eigenvalue weighted by atomic mass is 9.89. The number of hydrogen-bond acceptors (Lipinski definition) is 3. The third-order valence-corrected chi connectivity index (χ3v) is 4.71. The van der Waals surface area contributed by atoms with Gasteiger partial charge in [0.2, 0.25) is 0 Å². The van der Waals surface area contributed by atoms with Gasteiger partial charge in [0.1, 0.15) is 11.4 Å². The van der Waals surface area contributed by atoms with Gasteiger partial charge in [-0.3, -0.25) is 4.79 Å². The van der Waals surface area contributed by atoms with E-state index in [1.807, 2.05) is 75.4 Å². The number of nitrogens with one attached hydrogen (secondary N) is 2. The van der Waals surface area contributed by atoms with Gasteiger partial charge in [0.15, 0.2) is 0 Å². The van der Waals surface area contributed by atoms with E-state index in [1.54, 1.807) is 18.1 Å². The smallest absolute Gasteiger partial charge is 0.252 e. The maximum absolute atomic E-state index is 13.5. The summed E-state index contributed by atoms with van der Waals surface area (Å²) < 4.78 is 0. The molecular weight excluding hydrogens is 336 g/mol. The Hall–Kier alpha value is -3.08. The molecule has 2 aromatic carbocycles. The maximum atomic E-state index is 13.5. The molecule has 0 unspecified atom stereocenters. The Bertz CT molecular complexity index is 902. The summed E-state index contributed by atoms with van der Waals surface area (Å²) >= 11 is 0. The highest BCUT2D eigenvalue weighted by molar-refractivity contribution is 5.90. The Balaban J connectivity index is 1.90. The molecule has 0 spiro atoms. The number of carbonyl (C=O) groups excluding carboxylic acids is 1. The number of carbonyl (C=O) groups is 1. The molecular formula is C22H26N4O. The summed E-state index contributed by atoms with van der Waals surface area (Å²) in [5, 5.41) is 3.45. The van der Waals surface area contributed by atoms with Crippen LogP contribution in [0.5, 0.6) is 0 Å². The lowest BCUT2D eigenvalue weighted by Crippen LogP contribution is -2.48. The number of imidazole rings is 1. The van der Waals surface area contributed by atoms with Crippen molar-refractivity contribution < 1.29 is 4.79 Å². The van der Waals surface area contributed by atoms with E-state index in [-0.39, 0.29) is 5.91 Å². The monoisotopic (exact) mass is 362 g/mol. The Labute approximate surface area is 160 Å². The third-order valence-electron chi connectivity index (χ3n) is 4.71. The molecule has 1 heterocycles. The fraction of sp³-hybridized carbons (Fsp3) is 0.273. The molecule has 0 saturated carbocycles. The van der Waals surface area contributed by atoms with Gasteiger partial charge in [0.05, 0.1) is 6.54 Å². The highest BCUT2D eigenvalue weighted by atomic mass is 16.2. The summed E-state index contributed by atoms with van der Waals surface area (Å²) in [6.45, 7) is 6.34. The standard InChI is InChI=1S/C22H26N4O/c1-16-10-12-19(13-11-16)25-22(3,18-8-6-5-7-9-18)21(27)26(4)15-20-23-14-17(2)24-20/h5-14,25H,15H2,1-4H3,(H,23,24)/t22-/m0/s1. The number of aromatic amines is 1. The van der Waals surface area contributed by atoms with E-state index >= 15 is 0 Å². The Morgan fingerprint density at radius 1 is 1.11 bits per heavy atom. The second kappa shape index (κ2) is 7.66. The number of anilines is 1. The maximum Gasteiger partial charge on any atom is 0.252 e. The van der Waals surface area contributed by atoms with Gasteiger partial charge in [0, 0.05) is 24.6 Å². The lowest BCUT2D eigenvalue weighted by Gasteiger charge is -2.34. The molecule has 0 aliphatic heterocycles. The van der Waals surface area contributed by atoms with Crippen molar-refractivity contribution in [3.05, 3.63) is 83.4 Å². The number of nitrogens with zero attached hydrogens (tertiary/aromatic N) is 2. The van der Waals surface area contributed by atoms with Crippen molar-refractivity contribution in [2.45, 2.75) is 32.9 Å². The summed E-state index contributed by atoms with van der Waals surface area (Å²) in [5.41, 5.74) is 3.08.